The second-order valence-electron chi connectivity index (χ2n) is 7.86. The monoisotopic (exact) mass is 352 g/mol. The minimum Gasteiger partial charge on any atom is -0.481 e. The van der Waals surface area contributed by atoms with Crippen molar-refractivity contribution in [1.82, 2.24) is 0 Å². The van der Waals surface area contributed by atoms with Gasteiger partial charge in [-0.15, -0.1) is 0 Å². The molecule has 0 radical (unpaired) electrons. The number of unbranched alkanes of at least 4 members (excludes halogenated alkanes) is 3. The lowest BCUT2D eigenvalue weighted by Crippen LogP contribution is -2.26. The first-order valence-corrected chi connectivity index (χ1v) is 9.97. The lowest BCUT2D eigenvalue weighted by molar-refractivity contribution is -0.137. The normalized spacial score (nSPS) is 23.2. The van der Waals surface area contributed by atoms with E-state index in [9.17, 15) is 14.7 Å². The number of carboxylic acid groups (broad SMARTS) is 1. The van der Waals surface area contributed by atoms with Gasteiger partial charge in [0.25, 0.3) is 0 Å². The number of hydrogen-bond donors (Lipinski definition) is 2. The molecule has 144 valence electrons. The maximum absolute atomic E-state index is 12.2. The molecule has 0 aromatic heterocycles. The zero-order chi connectivity index (χ0) is 18.7. The molecule has 1 fully saturated rings. The summed E-state index contributed by atoms with van der Waals surface area (Å²) in [6, 6.07) is 0. The Balaban J connectivity index is 2.36. The summed E-state index contributed by atoms with van der Waals surface area (Å²) < 4.78 is 0. The van der Waals surface area contributed by atoms with Crippen LogP contribution >= 0.6 is 0 Å². The average molecular weight is 353 g/mol. The first kappa shape index (κ1) is 21.9. The Kier molecular flexibility index (Phi) is 10.0. The molecular weight excluding hydrogens is 316 g/mol. The lowest BCUT2D eigenvalue weighted by Gasteiger charge is -2.26. The van der Waals surface area contributed by atoms with Crippen LogP contribution < -0.4 is 0 Å². The van der Waals surface area contributed by atoms with Crippen LogP contribution in [0.4, 0.5) is 0 Å². The number of rotatable bonds is 13. The molecule has 0 saturated heterocycles. The van der Waals surface area contributed by atoms with Crippen molar-refractivity contribution in [3.8, 4) is 0 Å². The summed E-state index contributed by atoms with van der Waals surface area (Å²) in [4.78, 5) is 22.6. The number of allylic oxidation sites excluding steroid dienone is 2. The number of ketones is 1. The molecule has 0 amide bonds. The third kappa shape index (κ3) is 9.20. The van der Waals surface area contributed by atoms with Crippen molar-refractivity contribution in [1.29, 1.82) is 0 Å². The zero-order valence-corrected chi connectivity index (χ0v) is 16.0. The molecule has 25 heavy (non-hydrogen) atoms. The van der Waals surface area contributed by atoms with Gasteiger partial charge in [0.2, 0.25) is 0 Å². The second kappa shape index (κ2) is 11.5. The van der Waals surface area contributed by atoms with Crippen LogP contribution in [0.15, 0.2) is 12.2 Å². The van der Waals surface area contributed by atoms with E-state index in [-0.39, 0.29) is 12.3 Å². The fourth-order valence-electron chi connectivity index (χ4n) is 3.76. The molecule has 0 aliphatic heterocycles. The predicted octanol–water partition coefficient (Wildman–Crippen LogP) is 4.89. The van der Waals surface area contributed by atoms with Gasteiger partial charge in [-0.2, -0.15) is 0 Å². The number of aliphatic hydroxyl groups is 1. The summed E-state index contributed by atoms with van der Waals surface area (Å²) in [6.45, 7) is 4.09. The first-order valence-electron chi connectivity index (χ1n) is 9.97. The Hall–Kier alpha value is -1.16. The molecule has 4 heteroatoms. The van der Waals surface area contributed by atoms with E-state index >= 15 is 0 Å². The Morgan fingerprint density at radius 1 is 1.24 bits per heavy atom. The summed E-state index contributed by atoms with van der Waals surface area (Å²) in [5, 5.41) is 19.1. The van der Waals surface area contributed by atoms with Gasteiger partial charge in [-0.25, -0.2) is 0 Å². The smallest absolute Gasteiger partial charge is 0.303 e. The minimum absolute atomic E-state index is 0.0853. The number of carbonyl (C=O) groups excluding carboxylic acids is 1. The standard InChI is InChI=1S/C21H36O4/c1-3-4-9-15-21(2,25)16-14-17-12-13-19(22)18(17)10-7-5-6-8-11-20(23)24/h5,7,17-18,25H,3-4,6,8-16H2,1-2H3,(H,23,24)/b7-5-. The Morgan fingerprint density at radius 3 is 2.68 bits per heavy atom. The van der Waals surface area contributed by atoms with Gasteiger partial charge in [0.15, 0.2) is 0 Å². The van der Waals surface area contributed by atoms with Crippen molar-refractivity contribution in [2.75, 3.05) is 0 Å². The van der Waals surface area contributed by atoms with Crippen LogP contribution in [0.3, 0.4) is 0 Å². The van der Waals surface area contributed by atoms with Gasteiger partial charge < -0.3 is 10.2 Å². The first-order chi connectivity index (χ1) is 11.9. The van der Waals surface area contributed by atoms with Gasteiger partial charge in [-0.1, -0.05) is 38.3 Å². The molecule has 2 N–H and O–H groups in total. The summed E-state index contributed by atoms with van der Waals surface area (Å²) in [6.07, 6.45) is 13.9. The third-order valence-corrected chi connectivity index (χ3v) is 5.43. The fraction of sp³-hybridized carbons (Fsp3) is 0.810. The number of Topliss-reactive ketones (excluding diaryl/α,β-unsaturated/α-hetero) is 1. The average Bonchev–Trinajstić information content (AvgIpc) is 2.89. The van der Waals surface area contributed by atoms with Crippen LogP contribution in [0.2, 0.25) is 0 Å². The van der Waals surface area contributed by atoms with Crippen molar-refractivity contribution in [3.05, 3.63) is 12.2 Å². The highest BCUT2D eigenvalue weighted by molar-refractivity contribution is 5.83. The van der Waals surface area contributed by atoms with Crippen molar-refractivity contribution in [2.45, 2.75) is 96.5 Å². The summed E-state index contributed by atoms with van der Waals surface area (Å²) in [5.41, 5.74) is -0.613. The third-order valence-electron chi connectivity index (χ3n) is 5.43. The Bertz CT molecular complexity index is 439. The van der Waals surface area contributed by atoms with Crippen molar-refractivity contribution >= 4 is 11.8 Å². The van der Waals surface area contributed by atoms with Crippen LogP contribution in [0.5, 0.6) is 0 Å². The number of carboxylic acids is 1. The van der Waals surface area contributed by atoms with Gasteiger partial charge >= 0.3 is 5.97 Å². The van der Waals surface area contributed by atoms with Crippen LogP contribution in [-0.4, -0.2) is 27.6 Å². The van der Waals surface area contributed by atoms with E-state index in [0.717, 1.165) is 57.8 Å². The van der Waals surface area contributed by atoms with Gasteiger partial charge in [0, 0.05) is 18.8 Å². The maximum Gasteiger partial charge on any atom is 0.303 e. The maximum atomic E-state index is 12.2. The number of carbonyl (C=O) groups is 2. The second-order valence-corrected chi connectivity index (χ2v) is 7.86. The molecule has 0 aromatic rings. The molecular formula is C21H36O4. The molecule has 1 rings (SSSR count). The summed E-state index contributed by atoms with van der Waals surface area (Å²) in [7, 11) is 0. The van der Waals surface area contributed by atoms with Gasteiger partial charge in [-0.05, 0) is 57.8 Å². The van der Waals surface area contributed by atoms with Gasteiger partial charge in [0.1, 0.15) is 5.78 Å². The zero-order valence-electron chi connectivity index (χ0n) is 16.0. The molecule has 0 aromatic carbocycles. The van der Waals surface area contributed by atoms with E-state index < -0.39 is 11.6 Å². The molecule has 3 unspecified atom stereocenters. The molecule has 1 aliphatic rings. The highest BCUT2D eigenvalue weighted by atomic mass is 16.4. The lowest BCUT2D eigenvalue weighted by atomic mass is 9.83. The van der Waals surface area contributed by atoms with Crippen LogP contribution in [0.1, 0.15) is 90.9 Å². The van der Waals surface area contributed by atoms with Crippen molar-refractivity contribution in [2.24, 2.45) is 11.8 Å². The molecule has 4 nitrogen and oxygen atoms in total. The van der Waals surface area contributed by atoms with E-state index in [1.807, 2.05) is 19.1 Å². The predicted molar refractivity (Wildman–Crippen MR) is 100 cm³/mol. The SMILES string of the molecule is CCCCCC(C)(O)CCC1CCC(=O)C1C/C=C\CCCC(=O)O. The van der Waals surface area contributed by atoms with Gasteiger partial charge in [0.05, 0.1) is 5.60 Å². The molecule has 0 bridgehead atoms. The largest absolute Gasteiger partial charge is 0.481 e. The minimum atomic E-state index is -0.759. The topological polar surface area (TPSA) is 74.6 Å². The Labute approximate surface area is 152 Å². The van der Waals surface area contributed by atoms with E-state index in [4.69, 9.17) is 5.11 Å². The van der Waals surface area contributed by atoms with E-state index in [1.54, 1.807) is 0 Å². The number of aliphatic carboxylic acids is 1. The Morgan fingerprint density at radius 2 is 2.00 bits per heavy atom. The summed E-state index contributed by atoms with van der Waals surface area (Å²) in [5.74, 6) is 0.0622. The quantitative estimate of drug-likeness (QED) is 0.365. The molecule has 0 heterocycles. The molecule has 1 aliphatic carbocycles. The fourth-order valence-corrected chi connectivity index (χ4v) is 3.76. The van der Waals surface area contributed by atoms with E-state index in [1.165, 1.54) is 0 Å². The number of hydrogen-bond acceptors (Lipinski definition) is 3. The van der Waals surface area contributed by atoms with Gasteiger partial charge in [-0.3, -0.25) is 9.59 Å². The van der Waals surface area contributed by atoms with Crippen LogP contribution in [-0.2, 0) is 9.59 Å². The molecule has 3 atom stereocenters. The molecule has 0 spiro atoms. The van der Waals surface area contributed by atoms with Crippen LogP contribution in [0.25, 0.3) is 0 Å². The highest BCUT2D eigenvalue weighted by Gasteiger charge is 2.34. The highest BCUT2D eigenvalue weighted by Crippen LogP contribution is 2.37. The van der Waals surface area contributed by atoms with Crippen molar-refractivity contribution in [3.63, 3.8) is 0 Å². The molecule has 1 saturated carbocycles. The van der Waals surface area contributed by atoms with E-state index in [0.29, 0.717) is 24.5 Å². The van der Waals surface area contributed by atoms with Crippen LogP contribution in [0, 0.1) is 11.8 Å². The summed E-state index contributed by atoms with van der Waals surface area (Å²) >= 11 is 0. The van der Waals surface area contributed by atoms with E-state index in [2.05, 4.69) is 6.92 Å². The van der Waals surface area contributed by atoms with Crippen molar-refractivity contribution < 1.29 is 19.8 Å².